The highest BCUT2D eigenvalue weighted by Crippen LogP contribution is 2.30. The van der Waals surface area contributed by atoms with E-state index >= 15 is 0 Å². The molecular weight excluding hydrogens is 388 g/mol. The molecule has 1 fully saturated rings. The molecule has 4 rings (SSSR count). The molecule has 0 bridgehead atoms. The molecular formula is C23H23F2N3O2. The number of halogens is 2. The molecule has 0 spiro atoms. The Morgan fingerprint density at radius 3 is 2.53 bits per heavy atom. The van der Waals surface area contributed by atoms with E-state index in [1.165, 1.54) is 11.1 Å². The molecule has 0 radical (unpaired) electrons. The number of rotatable bonds is 4. The number of nitrogens with zero attached hydrogens (tertiary/aromatic N) is 2. The van der Waals surface area contributed by atoms with Crippen molar-refractivity contribution < 1.29 is 18.0 Å². The number of nitrogens with two attached hydrogens (primary N) is 1. The topological polar surface area (TPSA) is 72.4 Å². The normalized spacial score (nSPS) is 15.9. The third-order valence-corrected chi connectivity index (χ3v) is 5.44. The van der Waals surface area contributed by atoms with Gasteiger partial charge in [0.15, 0.2) is 0 Å². The van der Waals surface area contributed by atoms with Gasteiger partial charge in [-0.05, 0) is 42.8 Å². The van der Waals surface area contributed by atoms with E-state index in [1.807, 2.05) is 37.3 Å². The first-order valence-electron chi connectivity index (χ1n) is 9.90. The zero-order valence-corrected chi connectivity index (χ0v) is 16.7. The van der Waals surface area contributed by atoms with E-state index in [4.69, 9.17) is 10.2 Å². The van der Waals surface area contributed by atoms with Crippen LogP contribution in [0, 0.1) is 6.92 Å². The van der Waals surface area contributed by atoms with Gasteiger partial charge in [0.25, 0.3) is 11.8 Å². The highest BCUT2D eigenvalue weighted by atomic mass is 19.3. The van der Waals surface area contributed by atoms with Gasteiger partial charge in [-0.1, -0.05) is 12.1 Å². The minimum Gasteiger partial charge on any atom is -0.460 e. The number of alkyl halides is 2. The summed E-state index contributed by atoms with van der Waals surface area (Å²) in [4.78, 5) is 18.4. The first-order chi connectivity index (χ1) is 14.4. The van der Waals surface area contributed by atoms with Crippen molar-refractivity contribution in [3.8, 4) is 22.6 Å². The van der Waals surface area contributed by atoms with E-state index in [2.05, 4.69) is 4.98 Å². The SMILES string of the molecule is Cc1cc(-c2ccc(C(=O)N3CCC(F)(F)CC3)cn2)ccc1-c1ccc(CN)o1. The fourth-order valence-electron chi connectivity index (χ4n) is 3.64. The van der Waals surface area contributed by atoms with Crippen LogP contribution >= 0.6 is 0 Å². The summed E-state index contributed by atoms with van der Waals surface area (Å²) in [6.45, 7) is 2.47. The second kappa shape index (κ2) is 7.99. The highest BCUT2D eigenvalue weighted by molar-refractivity contribution is 5.94. The molecule has 3 aromatic rings. The molecule has 2 N–H and O–H groups in total. The van der Waals surface area contributed by atoms with Crippen LogP contribution in [-0.2, 0) is 6.54 Å². The lowest BCUT2D eigenvalue weighted by atomic mass is 10.0. The fraction of sp³-hybridized carbons (Fsp3) is 0.304. The highest BCUT2D eigenvalue weighted by Gasteiger charge is 2.35. The summed E-state index contributed by atoms with van der Waals surface area (Å²) in [5.41, 5.74) is 9.67. The molecule has 7 heteroatoms. The Kier molecular flexibility index (Phi) is 5.39. The predicted molar refractivity (Wildman–Crippen MR) is 110 cm³/mol. The maximum Gasteiger partial charge on any atom is 0.255 e. The average Bonchev–Trinajstić information content (AvgIpc) is 3.22. The first-order valence-corrected chi connectivity index (χ1v) is 9.90. The number of furan rings is 1. The standard InChI is InChI=1S/C23H23F2N3O2/c1-15-12-16(2-5-19(15)21-7-4-18(13-26)30-21)20-6-3-17(14-27-20)22(29)28-10-8-23(24,25)9-11-28/h2-7,12,14H,8-11,13,26H2,1H3. The summed E-state index contributed by atoms with van der Waals surface area (Å²) in [7, 11) is 0. The molecule has 30 heavy (non-hydrogen) atoms. The summed E-state index contributed by atoms with van der Waals surface area (Å²) in [6, 6.07) is 13.2. The molecule has 156 valence electrons. The lowest BCUT2D eigenvalue weighted by molar-refractivity contribution is -0.0494. The molecule has 0 unspecified atom stereocenters. The van der Waals surface area contributed by atoms with Crippen LogP contribution in [0.5, 0.6) is 0 Å². The quantitative estimate of drug-likeness (QED) is 0.679. The van der Waals surface area contributed by atoms with Gasteiger partial charge < -0.3 is 15.1 Å². The smallest absolute Gasteiger partial charge is 0.255 e. The van der Waals surface area contributed by atoms with Gasteiger partial charge in [-0.3, -0.25) is 9.78 Å². The van der Waals surface area contributed by atoms with Gasteiger partial charge in [-0.25, -0.2) is 8.78 Å². The molecule has 1 aromatic carbocycles. The molecule has 1 aliphatic rings. The zero-order chi connectivity index (χ0) is 21.3. The predicted octanol–water partition coefficient (Wildman–Crippen LogP) is 4.65. The Balaban J connectivity index is 1.50. The molecule has 0 saturated carbocycles. The maximum atomic E-state index is 13.3. The summed E-state index contributed by atoms with van der Waals surface area (Å²) in [6.07, 6.45) is 0.921. The Hall–Kier alpha value is -3.06. The van der Waals surface area contributed by atoms with E-state index < -0.39 is 5.92 Å². The molecule has 0 aliphatic carbocycles. The van der Waals surface area contributed by atoms with E-state index in [-0.39, 0.29) is 31.8 Å². The Morgan fingerprint density at radius 1 is 1.17 bits per heavy atom. The average molecular weight is 411 g/mol. The molecule has 1 saturated heterocycles. The van der Waals surface area contributed by atoms with Crippen LogP contribution in [0.25, 0.3) is 22.6 Å². The number of hydrogen-bond donors (Lipinski definition) is 1. The van der Waals surface area contributed by atoms with E-state index in [1.54, 1.807) is 12.1 Å². The van der Waals surface area contributed by atoms with Crippen LogP contribution in [0.2, 0.25) is 0 Å². The van der Waals surface area contributed by atoms with Gasteiger partial charge >= 0.3 is 0 Å². The van der Waals surface area contributed by atoms with Gasteiger partial charge in [-0.2, -0.15) is 0 Å². The number of aryl methyl sites for hydroxylation is 1. The van der Waals surface area contributed by atoms with Gasteiger partial charge in [0, 0.05) is 43.3 Å². The van der Waals surface area contributed by atoms with Crippen LogP contribution in [0.1, 0.15) is 34.5 Å². The van der Waals surface area contributed by atoms with Gasteiger partial charge in [0.2, 0.25) is 0 Å². The summed E-state index contributed by atoms with van der Waals surface area (Å²) >= 11 is 0. The zero-order valence-electron chi connectivity index (χ0n) is 16.7. The summed E-state index contributed by atoms with van der Waals surface area (Å²) < 4.78 is 32.4. The lowest BCUT2D eigenvalue weighted by Gasteiger charge is -2.31. The largest absolute Gasteiger partial charge is 0.460 e. The number of amides is 1. The molecule has 2 aromatic heterocycles. The molecule has 1 amide bonds. The second-order valence-corrected chi connectivity index (χ2v) is 7.58. The minimum atomic E-state index is -2.68. The number of piperidine rings is 1. The van der Waals surface area contributed by atoms with E-state index in [9.17, 15) is 13.6 Å². The minimum absolute atomic E-state index is 0.0624. The van der Waals surface area contributed by atoms with Gasteiger partial charge in [-0.15, -0.1) is 0 Å². The number of carbonyl (C=O) groups excluding carboxylic acids is 1. The Bertz CT molecular complexity index is 1050. The molecule has 3 heterocycles. The Morgan fingerprint density at radius 2 is 1.93 bits per heavy atom. The van der Waals surface area contributed by atoms with E-state index in [0.29, 0.717) is 12.1 Å². The van der Waals surface area contributed by atoms with Crippen molar-refractivity contribution in [2.75, 3.05) is 13.1 Å². The summed E-state index contributed by atoms with van der Waals surface area (Å²) in [5, 5.41) is 0. The van der Waals surface area contributed by atoms with E-state index in [0.717, 1.165) is 33.9 Å². The van der Waals surface area contributed by atoms with Crippen LogP contribution in [0.4, 0.5) is 8.78 Å². The number of likely N-dealkylation sites (tertiary alicyclic amines) is 1. The maximum absolute atomic E-state index is 13.3. The number of hydrogen-bond acceptors (Lipinski definition) is 4. The third kappa shape index (κ3) is 4.11. The molecule has 0 atom stereocenters. The van der Waals surface area contributed by atoms with Crippen molar-refractivity contribution >= 4 is 5.91 Å². The monoisotopic (exact) mass is 411 g/mol. The van der Waals surface area contributed by atoms with Gasteiger partial charge in [0.05, 0.1) is 17.8 Å². The van der Waals surface area contributed by atoms with Crippen molar-refractivity contribution in [2.45, 2.75) is 32.2 Å². The molecule has 1 aliphatic heterocycles. The lowest BCUT2D eigenvalue weighted by Crippen LogP contribution is -2.42. The van der Waals surface area contributed by atoms with Crippen molar-refractivity contribution in [1.82, 2.24) is 9.88 Å². The summed E-state index contributed by atoms with van der Waals surface area (Å²) in [5.74, 6) is -1.44. The third-order valence-electron chi connectivity index (χ3n) is 5.44. The van der Waals surface area contributed by atoms with Crippen LogP contribution in [-0.4, -0.2) is 34.8 Å². The fourth-order valence-corrected chi connectivity index (χ4v) is 3.64. The van der Waals surface area contributed by atoms with Crippen molar-refractivity contribution in [3.05, 3.63) is 65.5 Å². The second-order valence-electron chi connectivity index (χ2n) is 7.58. The Labute approximate surface area is 173 Å². The first kappa shape index (κ1) is 20.2. The van der Waals surface area contributed by atoms with Crippen molar-refractivity contribution in [3.63, 3.8) is 0 Å². The number of benzene rings is 1. The number of carbonyl (C=O) groups is 1. The van der Waals surface area contributed by atoms with Crippen molar-refractivity contribution in [1.29, 1.82) is 0 Å². The number of aromatic nitrogens is 1. The molecule has 5 nitrogen and oxygen atoms in total. The van der Waals surface area contributed by atoms with Gasteiger partial charge in [0.1, 0.15) is 11.5 Å². The van der Waals surface area contributed by atoms with Crippen LogP contribution in [0.15, 0.2) is 53.1 Å². The number of pyridine rings is 1. The van der Waals surface area contributed by atoms with Crippen LogP contribution in [0.3, 0.4) is 0 Å². The van der Waals surface area contributed by atoms with Crippen LogP contribution < -0.4 is 5.73 Å². The van der Waals surface area contributed by atoms with Crippen molar-refractivity contribution in [2.24, 2.45) is 5.73 Å².